The van der Waals surface area contributed by atoms with Gasteiger partial charge in [-0.2, -0.15) is 0 Å². The molecule has 0 saturated carbocycles. The topological polar surface area (TPSA) is 85.2 Å². The van der Waals surface area contributed by atoms with E-state index >= 15 is 0 Å². The Morgan fingerprint density at radius 1 is 1.17 bits per heavy atom. The molecule has 8 nitrogen and oxygen atoms in total. The van der Waals surface area contributed by atoms with Crippen molar-refractivity contribution in [1.29, 1.82) is 0 Å². The second-order valence-corrected chi connectivity index (χ2v) is 7.02. The Hall–Kier alpha value is -3.26. The average molecular weight is 392 g/mol. The lowest BCUT2D eigenvalue weighted by atomic mass is 10.0. The Kier molecular flexibility index (Phi) is 5.81. The number of hydrogen-bond acceptors (Lipinski definition) is 6. The number of carbonyl (C=O) groups excluding carboxylic acids is 1. The van der Waals surface area contributed by atoms with Crippen LogP contribution in [-0.2, 0) is 0 Å². The molecule has 0 aliphatic carbocycles. The molecule has 1 aromatic heterocycles. The summed E-state index contributed by atoms with van der Waals surface area (Å²) in [5.41, 5.74) is 2.40. The number of para-hydroxylation sites is 1. The minimum Gasteiger partial charge on any atom is -0.496 e. The zero-order valence-electron chi connectivity index (χ0n) is 16.4. The predicted octanol–water partition coefficient (Wildman–Crippen LogP) is 2.24. The zero-order valence-corrected chi connectivity index (χ0v) is 16.4. The molecule has 0 unspecified atom stereocenters. The molecule has 2 heterocycles. The van der Waals surface area contributed by atoms with Crippen molar-refractivity contribution in [2.24, 2.45) is 0 Å². The van der Waals surface area contributed by atoms with Crippen LogP contribution in [0.3, 0.4) is 0 Å². The fourth-order valence-corrected chi connectivity index (χ4v) is 3.79. The quantitative estimate of drug-likeness (QED) is 0.664. The molecule has 0 spiro atoms. The van der Waals surface area contributed by atoms with Gasteiger partial charge in [-0.3, -0.25) is 9.69 Å². The number of amides is 1. The highest BCUT2D eigenvalue weighted by molar-refractivity contribution is 5.94. The molecular weight excluding hydrogens is 368 g/mol. The van der Waals surface area contributed by atoms with Crippen LogP contribution < -0.4 is 10.1 Å². The van der Waals surface area contributed by atoms with E-state index < -0.39 is 0 Å². The molecule has 1 atom stereocenters. The molecule has 8 heteroatoms. The van der Waals surface area contributed by atoms with E-state index in [2.05, 4.69) is 31.8 Å². The number of hydrogen-bond donors (Lipinski definition) is 1. The second-order valence-electron chi connectivity index (χ2n) is 7.02. The van der Waals surface area contributed by atoms with Crippen molar-refractivity contribution < 1.29 is 9.53 Å². The van der Waals surface area contributed by atoms with Crippen LogP contribution in [-0.4, -0.2) is 57.8 Å². The first-order chi connectivity index (χ1) is 14.3. The van der Waals surface area contributed by atoms with Crippen LogP contribution in [0, 0.1) is 0 Å². The maximum atomic E-state index is 12.8. The Morgan fingerprint density at radius 3 is 2.76 bits per heavy atom. The number of benzene rings is 2. The summed E-state index contributed by atoms with van der Waals surface area (Å²) >= 11 is 0. The maximum absolute atomic E-state index is 12.8. The molecule has 2 aromatic carbocycles. The molecule has 0 radical (unpaired) electrons. The van der Waals surface area contributed by atoms with Crippen molar-refractivity contribution in [2.45, 2.75) is 18.9 Å². The number of ether oxygens (including phenoxy) is 1. The van der Waals surface area contributed by atoms with Crippen molar-refractivity contribution in [3.63, 3.8) is 0 Å². The largest absolute Gasteiger partial charge is 0.496 e. The van der Waals surface area contributed by atoms with Gasteiger partial charge >= 0.3 is 0 Å². The minimum atomic E-state index is -0.126. The number of rotatable bonds is 7. The first-order valence-corrected chi connectivity index (χ1v) is 9.75. The molecule has 3 aromatic rings. The lowest BCUT2D eigenvalue weighted by molar-refractivity contribution is 0.0937. The van der Waals surface area contributed by atoms with Gasteiger partial charge < -0.3 is 10.1 Å². The summed E-state index contributed by atoms with van der Waals surface area (Å²) in [6, 6.07) is 15.3. The molecule has 1 amide bonds. The number of aromatic nitrogens is 4. The standard InChI is InChI=1S/C21H24N6O2/c1-29-20-10-3-2-9-18(20)19(26-11-4-5-12-26)14-22-21(28)16-7-6-8-17(13-16)27-15-23-24-25-27/h2-3,6-10,13,15,19H,4-5,11-12,14H2,1H3,(H,22,28)/t19-/m0/s1. The lowest BCUT2D eigenvalue weighted by Gasteiger charge is -2.29. The number of carbonyl (C=O) groups is 1. The highest BCUT2D eigenvalue weighted by Crippen LogP contribution is 2.31. The van der Waals surface area contributed by atoms with Crippen molar-refractivity contribution in [2.75, 3.05) is 26.7 Å². The third-order valence-electron chi connectivity index (χ3n) is 5.26. The van der Waals surface area contributed by atoms with Crippen molar-refractivity contribution in [1.82, 2.24) is 30.4 Å². The average Bonchev–Trinajstić information content (AvgIpc) is 3.49. The summed E-state index contributed by atoms with van der Waals surface area (Å²) in [6.45, 7) is 2.55. The fraction of sp³-hybridized carbons (Fsp3) is 0.333. The van der Waals surface area contributed by atoms with Crippen LogP contribution in [0.4, 0.5) is 0 Å². The summed E-state index contributed by atoms with van der Waals surface area (Å²) in [6.07, 6.45) is 3.85. The van der Waals surface area contributed by atoms with E-state index in [9.17, 15) is 4.79 Å². The first-order valence-electron chi connectivity index (χ1n) is 9.75. The molecular formula is C21H24N6O2. The van der Waals surface area contributed by atoms with Gasteiger partial charge in [-0.1, -0.05) is 24.3 Å². The SMILES string of the molecule is COc1ccccc1[C@H](CNC(=O)c1cccc(-n2cnnn2)c1)N1CCCC1. The van der Waals surface area contributed by atoms with Gasteiger partial charge in [0, 0.05) is 17.7 Å². The third-order valence-corrected chi connectivity index (χ3v) is 5.26. The van der Waals surface area contributed by atoms with Gasteiger partial charge in [-0.25, -0.2) is 4.68 Å². The highest BCUT2D eigenvalue weighted by atomic mass is 16.5. The normalized spacial score (nSPS) is 15.2. The summed E-state index contributed by atoms with van der Waals surface area (Å²) in [5, 5.41) is 14.3. The molecule has 29 heavy (non-hydrogen) atoms. The summed E-state index contributed by atoms with van der Waals surface area (Å²) in [4.78, 5) is 15.3. The number of nitrogens with one attached hydrogen (secondary N) is 1. The van der Waals surface area contributed by atoms with Crippen LogP contribution in [0.5, 0.6) is 5.75 Å². The Bertz CT molecular complexity index is 953. The van der Waals surface area contributed by atoms with Gasteiger partial charge in [0.15, 0.2) is 0 Å². The van der Waals surface area contributed by atoms with Crippen LogP contribution in [0.2, 0.25) is 0 Å². The number of methoxy groups -OCH3 is 1. The summed E-state index contributed by atoms with van der Waals surface area (Å²) < 4.78 is 7.10. The Balaban J connectivity index is 1.51. The zero-order chi connectivity index (χ0) is 20.1. The Morgan fingerprint density at radius 2 is 2.00 bits per heavy atom. The predicted molar refractivity (Wildman–Crippen MR) is 108 cm³/mol. The van der Waals surface area contributed by atoms with E-state index in [1.54, 1.807) is 19.2 Å². The van der Waals surface area contributed by atoms with Crippen molar-refractivity contribution in [3.8, 4) is 11.4 Å². The highest BCUT2D eigenvalue weighted by Gasteiger charge is 2.26. The summed E-state index contributed by atoms with van der Waals surface area (Å²) in [5.74, 6) is 0.721. The number of nitrogens with zero attached hydrogens (tertiary/aromatic N) is 5. The molecule has 1 aliphatic heterocycles. The Labute approximate surface area is 169 Å². The van der Waals surface area contributed by atoms with Gasteiger partial charge in [0.1, 0.15) is 12.1 Å². The molecule has 1 fully saturated rings. The van der Waals surface area contributed by atoms with Crippen LogP contribution >= 0.6 is 0 Å². The molecule has 1 saturated heterocycles. The second kappa shape index (κ2) is 8.83. The molecule has 4 rings (SSSR count). The van der Waals surface area contributed by atoms with E-state index in [1.807, 2.05) is 30.3 Å². The maximum Gasteiger partial charge on any atom is 0.251 e. The van der Waals surface area contributed by atoms with E-state index in [-0.39, 0.29) is 11.9 Å². The molecule has 1 N–H and O–H groups in total. The molecule has 1 aliphatic rings. The van der Waals surface area contributed by atoms with E-state index in [4.69, 9.17) is 4.74 Å². The van der Waals surface area contributed by atoms with Crippen molar-refractivity contribution >= 4 is 5.91 Å². The smallest absolute Gasteiger partial charge is 0.251 e. The van der Waals surface area contributed by atoms with Gasteiger partial charge in [0.25, 0.3) is 5.91 Å². The summed E-state index contributed by atoms with van der Waals surface area (Å²) in [7, 11) is 1.68. The van der Waals surface area contributed by atoms with Gasteiger partial charge in [-0.15, -0.1) is 5.10 Å². The van der Waals surface area contributed by atoms with Gasteiger partial charge in [-0.05, 0) is 60.6 Å². The van der Waals surface area contributed by atoms with Crippen LogP contribution in [0.25, 0.3) is 5.69 Å². The van der Waals surface area contributed by atoms with E-state index in [1.165, 1.54) is 23.9 Å². The van der Waals surface area contributed by atoms with Gasteiger partial charge in [0.2, 0.25) is 0 Å². The van der Waals surface area contributed by atoms with E-state index in [0.717, 1.165) is 30.1 Å². The number of tetrazole rings is 1. The fourth-order valence-electron chi connectivity index (χ4n) is 3.79. The first kappa shape index (κ1) is 19.1. The van der Waals surface area contributed by atoms with Crippen molar-refractivity contribution in [3.05, 3.63) is 66.0 Å². The van der Waals surface area contributed by atoms with Gasteiger partial charge in [0.05, 0.1) is 18.8 Å². The molecule has 0 bridgehead atoms. The minimum absolute atomic E-state index is 0.0697. The van der Waals surface area contributed by atoms with Crippen LogP contribution in [0.1, 0.15) is 34.8 Å². The van der Waals surface area contributed by atoms with Crippen LogP contribution in [0.15, 0.2) is 54.9 Å². The molecule has 150 valence electrons. The van der Waals surface area contributed by atoms with E-state index in [0.29, 0.717) is 12.1 Å². The third kappa shape index (κ3) is 4.27. The monoisotopic (exact) mass is 392 g/mol. The lowest BCUT2D eigenvalue weighted by Crippen LogP contribution is -2.37. The number of likely N-dealkylation sites (tertiary alicyclic amines) is 1.